The highest BCUT2D eigenvalue weighted by Crippen LogP contribution is 2.43. The SMILES string of the molecule is CC(C)C1(CCc2ccc(F)cc2)CC(=O)C(Sc2cc3c(cc2C(C)(C)C)NCCC3)C(=O)O1. The van der Waals surface area contributed by atoms with Gasteiger partial charge in [-0.1, -0.05) is 46.8 Å². The van der Waals surface area contributed by atoms with Gasteiger partial charge in [0, 0.05) is 23.5 Å². The van der Waals surface area contributed by atoms with E-state index in [0.717, 1.165) is 41.1 Å². The molecule has 1 N–H and O–H groups in total. The maximum Gasteiger partial charge on any atom is 0.327 e. The van der Waals surface area contributed by atoms with Crippen molar-refractivity contribution in [2.24, 2.45) is 5.92 Å². The minimum absolute atomic E-state index is 0.0123. The first kappa shape index (κ1) is 25.7. The number of carbonyl (C=O) groups is 2. The predicted molar refractivity (Wildman–Crippen MR) is 140 cm³/mol. The van der Waals surface area contributed by atoms with Gasteiger partial charge in [-0.3, -0.25) is 9.59 Å². The van der Waals surface area contributed by atoms with Crippen molar-refractivity contribution in [1.82, 2.24) is 0 Å². The molecule has 0 spiro atoms. The molecule has 2 heterocycles. The van der Waals surface area contributed by atoms with Crippen LogP contribution in [0.2, 0.25) is 0 Å². The summed E-state index contributed by atoms with van der Waals surface area (Å²) in [5.74, 6) is -0.815. The minimum Gasteiger partial charge on any atom is -0.457 e. The molecule has 0 radical (unpaired) electrons. The van der Waals surface area contributed by atoms with E-state index in [1.165, 1.54) is 29.5 Å². The molecule has 2 aromatic carbocycles. The summed E-state index contributed by atoms with van der Waals surface area (Å²) >= 11 is 1.34. The first-order valence-corrected chi connectivity index (χ1v) is 13.4. The fourth-order valence-corrected chi connectivity index (χ4v) is 6.30. The number of nitrogens with one attached hydrogen (secondary N) is 1. The van der Waals surface area contributed by atoms with Gasteiger partial charge in [0.25, 0.3) is 0 Å². The first-order chi connectivity index (χ1) is 16.5. The fourth-order valence-electron chi connectivity index (χ4n) is 4.99. The van der Waals surface area contributed by atoms with E-state index in [0.29, 0.717) is 12.8 Å². The molecule has 2 aliphatic rings. The monoisotopic (exact) mass is 497 g/mol. The molecule has 2 aromatic rings. The molecule has 4 rings (SSSR count). The first-order valence-electron chi connectivity index (χ1n) is 12.6. The maximum absolute atomic E-state index is 13.5. The molecule has 6 heteroatoms. The van der Waals surface area contributed by atoms with E-state index in [1.54, 1.807) is 12.1 Å². The standard InChI is InChI=1S/C29H36FNO3S/c1-18(2)29(13-12-19-8-10-21(30)11-9-19)17-24(32)26(27(33)34-29)35-25-15-20-7-6-14-31-23(20)16-22(25)28(3,4)5/h8-11,15-16,18,26,31H,6-7,12-14,17H2,1-5H3. The number of cyclic esters (lactones) is 1. The van der Waals surface area contributed by atoms with E-state index in [9.17, 15) is 14.0 Å². The number of aryl methyl sites for hydroxylation is 2. The van der Waals surface area contributed by atoms with Gasteiger partial charge in [0.15, 0.2) is 11.0 Å². The maximum atomic E-state index is 13.5. The van der Waals surface area contributed by atoms with E-state index in [4.69, 9.17) is 4.74 Å². The molecule has 0 bridgehead atoms. The van der Waals surface area contributed by atoms with Crippen molar-refractivity contribution in [1.29, 1.82) is 0 Å². The number of hydrogen-bond acceptors (Lipinski definition) is 5. The van der Waals surface area contributed by atoms with Gasteiger partial charge in [-0.2, -0.15) is 0 Å². The summed E-state index contributed by atoms with van der Waals surface area (Å²) < 4.78 is 19.4. The van der Waals surface area contributed by atoms with Gasteiger partial charge in [0.2, 0.25) is 0 Å². The smallest absolute Gasteiger partial charge is 0.327 e. The number of halogens is 1. The molecule has 35 heavy (non-hydrogen) atoms. The number of esters is 1. The molecule has 2 aliphatic heterocycles. The Morgan fingerprint density at radius 1 is 1.17 bits per heavy atom. The second-order valence-electron chi connectivity index (χ2n) is 11.2. The summed E-state index contributed by atoms with van der Waals surface area (Å²) in [6.07, 6.45) is 3.41. The summed E-state index contributed by atoms with van der Waals surface area (Å²) in [5, 5.41) is 2.63. The fraction of sp³-hybridized carbons (Fsp3) is 0.517. The topological polar surface area (TPSA) is 55.4 Å². The van der Waals surface area contributed by atoms with Crippen LogP contribution in [0.3, 0.4) is 0 Å². The summed E-state index contributed by atoms with van der Waals surface area (Å²) in [6, 6.07) is 10.7. The average molecular weight is 498 g/mol. The third-order valence-electron chi connectivity index (χ3n) is 7.28. The minimum atomic E-state index is -0.858. The number of anilines is 1. The van der Waals surface area contributed by atoms with Crippen molar-refractivity contribution in [2.75, 3.05) is 11.9 Å². The van der Waals surface area contributed by atoms with Crippen molar-refractivity contribution in [3.8, 4) is 0 Å². The zero-order valence-electron chi connectivity index (χ0n) is 21.4. The Bertz CT molecular complexity index is 1090. The highest BCUT2D eigenvalue weighted by Gasteiger charge is 2.49. The molecular formula is C29H36FNO3S. The lowest BCUT2D eigenvalue weighted by molar-refractivity contribution is -0.176. The van der Waals surface area contributed by atoms with Crippen LogP contribution >= 0.6 is 11.8 Å². The number of Topliss-reactive ketones (excluding diaryl/α,β-unsaturated/α-hetero) is 1. The average Bonchev–Trinajstić information content (AvgIpc) is 2.80. The van der Waals surface area contributed by atoms with Crippen LogP contribution in [0.1, 0.15) is 70.6 Å². The van der Waals surface area contributed by atoms with Crippen LogP contribution in [-0.2, 0) is 32.6 Å². The van der Waals surface area contributed by atoms with Gasteiger partial charge < -0.3 is 10.1 Å². The molecule has 188 valence electrons. The molecule has 2 atom stereocenters. The highest BCUT2D eigenvalue weighted by atomic mass is 32.2. The van der Waals surface area contributed by atoms with Crippen LogP contribution in [0.15, 0.2) is 41.3 Å². The van der Waals surface area contributed by atoms with Crippen LogP contribution in [0.4, 0.5) is 10.1 Å². The second-order valence-corrected chi connectivity index (χ2v) is 12.3. The van der Waals surface area contributed by atoms with Gasteiger partial charge in [-0.05, 0) is 78.0 Å². The predicted octanol–water partition coefficient (Wildman–Crippen LogP) is 6.49. The number of ketones is 1. The Labute approximate surface area is 212 Å². The molecule has 0 aliphatic carbocycles. The van der Waals surface area contributed by atoms with E-state index >= 15 is 0 Å². The van der Waals surface area contributed by atoms with Crippen molar-refractivity contribution in [3.63, 3.8) is 0 Å². The molecule has 1 saturated heterocycles. The van der Waals surface area contributed by atoms with Gasteiger partial charge in [-0.15, -0.1) is 11.8 Å². The number of fused-ring (bicyclic) bond motifs is 1. The third kappa shape index (κ3) is 5.58. The summed E-state index contributed by atoms with van der Waals surface area (Å²) in [5.41, 5.74) is 3.51. The third-order valence-corrected chi connectivity index (χ3v) is 8.57. The Morgan fingerprint density at radius 3 is 2.51 bits per heavy atom. The lowest BCUT2D eigenvalue weighted by atomic mass is 9.78. The Balaban J connectivity index is 1.56. The summed E-state index contributed by atoms with van der Waals surface area (Å²) in [7, 11) is 0. The normalized spacial score (nSPS) is 22.5. The highest BCUT2D eigenvalue weighted by molar-refractivity contribution is 8.01. The molecule has 0 aromatic heterocycles. The molecule has 0 saturated carbocycles. The number of benzene rings is 2. The zero-order valence-corrected chi connectivity index (χ0v) is 22.2. The van der Waals surface area contributed by atoms with Crippen LogP contribution < -0.4 is 5.32 Å². The van der Waals surface area contributed by atoms with Crippen LogP contribution in [0.25, 0.3) is 0 Å². The quantitative estimate of drug-likeness (QED) is 0.365. The Kier molecular flexibility index (Phi) is 7.33. The lowest BCUT2D eigenvalue weighted by Crippen LogP contribution is -2.52. The van der Waals surface area contributed by atoms with E-state index in [-0.39, 0.29) is 29.4 Å². The Morgan fingerprint density at radius 2 is 1.89 bits per heavy atom. The number of hydrogen-bond donors (Lipinski definition) is 1. The molecule has 2 unspecified atom stereocenters. The number of carbonyl (C=O) groups excluding carboxylic acids is 2. The molecular weight excluding hydrogens is 461 g/mol. The zero-order chi connectivity index (χ0) is 25.4. The Hall–Kier alpha value is -2.34. The van der Waals surface area contributed by atoms with Crippen LogP contribution in [0.5, 0.6) is 0 Å². The van der Waals surface area contributed by atoms with Gasteiger partial charge in [-0.25, -0.2) is 4.39 Å². The second kappa shape index (κ2) is 9.96. The van der Waals surface area contributed by atoms with E-state index in [1.807, 2.05) is 13.8 Å². The van der Waals surface area contributed by atoms with Crippen molar-refractivity contribution in [2.45, 2.75) is 87.9 Å². The van der Waals surface area contributed by atoms with E-state index < -0.39 is 16.8 Å². The molecule has 1 fully saturated rings. The number of rotatable bonds is 6. The molecule has 0 amide bonds. The van der Waals surface area contributed by atoms with Gasteiger partial charge in [0.1, 0.15) is 11.4 Å². The summed E-state index contributed by atoms with van der Waals surface area (Å²) in [4.78, 5) is 27.7. The lowest BCUT2D eigenvalue weighted by Gasteiger charge is -2.42. The van der Waals surface area contributed by atoms with E-state index in [2.05, 4.69) is 38.2 Å². The van der Waals surface area contributed by atoms with Crippen LogP contribution in [0, 0.1) is 11.7 Å². The van der Waals surface area contributed by atoms with Crippen molar-refractivity contribution in [3.05, 3.63) is 58.9 Å². The number of ether oxygens (including phenoxy) is 1. The van der Waals surface area contributed by atoms with Gasteiger partial charge in [0.05, 0.1) is 0 Å². The summed E-state index contributed by atoms with van der Waals surface area (Å²) in [6.45, 7) is 11.4. The van der Waals surface area contributed by atoms with Crippen molar-refractivity contribution >= 4 is 29.2 Å². The van der Waals surface area contributed by atoms with Crippen LogP contribution in [-0.4, -0.2) is 29.1 Å². The number of thioether (sulfide) groups is 1. The van der Waals surface area contributed by atoms with Gasteiger partial charge >= 0.3 is 5.97 Å². The molecule has 4 nitrogen and oxygen atoms in total. The van der Waals surface area contributed by atoms with Crippen molar-refractivity contribution < 1.29 is 18.7 Å². The largest absolute Gasteiger partial charge is 0.457 e.